The number of aryl methyl sites for hydroxylation is 1. The Morgan fingerprint density at radius 3 is 2.61 bits per heavy atom. The second-order valence-electron chi connectivity index (χ2n) is 4.53. The van der Waals surface area contributed by atoms with Gasteiger partial charge in [-0.05, 0) is 44.5 Å². The van der Waals surface area contributed by atoms with Gasteiger partial charge in [0.15, 0.2) is 0 Å². The SMILES string of the molecule is Cc1cccc(Cl)c1NS(=O)(=O)C1CCNCC1. The van der Waals surface area contributed by atoms with Gasteiger partial charge in [0.2, 0.25) is 10.0 Å². The van der Waals surface area contributed by atoms with E-state index in [1.807, 2.05) is 13.0 Å². The minimum Gasteiger partial charge on any atom is -0.317 e. The summed E-state index contributed by atoms with van der Waals surface area (Å²) in [6.45, 7) is 3.33. The fraction of sp³-hybridized carbons (Fsp3) is 0.500. The van der Waals surface area contributed by atoms with Gasteiger partial charge in [0.25, 0.3) is 0 Å². The van der Waals surface area contributed by atoms with E-state index >= 15 is 0 Å². The summed E-state index contributed by atoms with van der Waals surface area (Å²) < 4.78 is 27.2. The van der Waals surface area contributed by atoms with E-state index < -0.39 is 10.0 Å². The van der Waals surface area contributed by atoms with Crippen LogP contribution in [0.2, 0.25) is 5.02 Å². The van der Waals surface area contributed by atoms with Gasteiger partial charge in [-0.2, -0.15) is 0 Å². The van der Waals surface area contributed by atoms with Crippen molar-refractivity contribution in [2.24, 2.45) is 0 Å². The van der Waals surface area contributed by atoms with E-state index in [9.17, 15) is 8.42 Å². The van der Waals surface area contributed by atoms with E-state index in [4.69, 9.17) is 11.6 Å². The predicted molar refractivity (Wildman–Crippen MR) is 74.6 cm³/mol. The number of sulfonamides is 1. The lowest BCUT2D eigenvalue weighted by Gasteiger charge is -2.24. The molecule has 0 atom stereocenters. The van der Waals surface area contributed by atoms with E-state index in [0.29, 0.717) is 23.6 Å². The molecule has 1 aromatic carbocycles. The van der Waals surface area contributed by atoms with Crippen LogP contribution in [0.1, 0.15) is 18.4 Å². The first-order valence-corrected chi connectivity index (χ1v) is 7.90. The van der Waals surface area contributed by atoms with E-state index in [1.165, 1.54) is 0 Å². The van der Waals surface area contributed by atoms with Crippen molar-refractivity contribution in [1.29, 1.82) is 0 Å². The number of piperidine rings is 1. The van der Waals surface area contributed by atoms with E-state index in [1.54, 1.807) is 12.1 Å². The third-order valence-electron chi connectivity index (χ3n) is 3.19. The second-order valence-corrected chi connectivity index (χ2v) is 6.90. The van der Waals surface area contributed by atoms with Crippen molar-refractivity contribution in [2.45, 2.75) is 25.0 Å². The average Bonchev–Trinajstić information content (AvgIpc) is 2.35. The fourth-order valence-electron chi connectivity index (χ4n) is 2.09. The molecule has 6 heteroatoms. The maximum Gasteiger partial charge on any atom is 0.235 e. The Morgan fingerprint density at radius 2 is 2.00 bits per heavy atom. The third kappa shape index (κ3) is 2.96. The number of hydrogen-bond donors (Lipinski definition) is 2. The molecular formula is C12H17ClN2O2S. The predicted octanol–water partition coefficient (Wildman–Crippen LogP) is 2.14. The number of hydrogen-bond acceptors (Lipinski definition) is 3. The number of halogens is 1. The summed E-state index contributed by atoms with van der Waals surface area (Å²) in [7, 11) is -3.36. The van der Waals surface area contributed by atoms with Crippen LogP contribution in [0.5, 0.6) is 0 Å². The molecule has 0 spiro atoms. The van der Waals surface area contributed by atoms with Gasteiger partial charge in [0, 0.05) is 0 Å². The lowest BCUT2D eigenvalue weighted by atomic mass is 10.2. The summed E-state index contributed by atoms with van der Waals surface area (Å²) >= 11 is 6.04. The van der Waals surface area contributed by atoms with Crippen molar-refractivity contribution in [1.82, 2.24) is 5.32 Å². The molecule has 1 fully saturated rings. The topological polar surface area (TPSA) is 58.2 Å². The monoisotopic (exact) mass is 288 g/mol. The van der Waals surface area contributed by atoms with Crippen LogP contribution >= 0.6 is 11.6 Å². The third-order valence-corrected chi connectivity index (χ3v) is 5.34. The van der Waals surface area contributed by atoms with Crippen LogP contribution in [0, 0.1) is 6.92 Å². The Bertz CT molecular complexity index is 505. The molecule has 2 N–H and O–H groups in total. The van der Waals surface area contributed by atoms with E-state index in [0.717, 1.165) is 18.7 Å². The quantitative estimate of drug-likeness (QED) is 0.896. The Hall–Kier alpha value is -0.780. The molecule has 0 aliphatic carbocycles. The summed E-state index contributed by atoms with van der Waals surface area (Å²) in [6.07, 6.45) is 1.28. The summed E-state index contributed by atoms with van der Waals surface area (Å²) in [5, 5.41) is 3.25. The largest absolute Gasteiger partial charge is 0.317 e. The normalized spacial score (nSPS) is 17.7. The van der Waals surface area contributed by atoms with Crippen LogP contribution in [0.15, 0.2) is 18.2 Å². The molecule has 2 rings (SSSR count). The van der Waals surface area contributed by atoms with Crippen molar-refractivity contribution in [3.05, 3.63) is 28.8 Å². The molecular weight excluding hydrogens is 272 g/mol. The number of rotatable bonds is 3. The van der Waals surface area contributed by atoms with Gasteiger partial charge in [-0.15, -0.1) is 0 Å². The number of anilines is 1. The molecule has 1 aromatic rings. The molecule has 0 aromatic heterocycles. The first-order chi connectivity index (χ1) is 8.50. The molecule has 1 heterocycles. The number of para-hydroxylation sites is 1. The molecule has 100 valence electrons. The zero-order valence-electron chi connectivity index (χ0n) is 10.2. The van der Waals surface area contributed by atoms with Gasteiger partial charge < -0.3 is 5.32 Å². The first-order valence-electron chi connectivity index (χ1n) is 5.98. The van der Waals surface area contributed by atoms with Crippen LogP contribution in [0.4, 0.5) is 5.69 Å². The lowest BCUT2D eigenvalue weighted by molar-refractivity contribution is 0.499. The summed E-state index contributed by atoms with van der Waals surface area (Å²) in [5.74, 6) is 0. The van der Waals surface area contributed by atoms with Crippen molar-refractivity contribution in [2.75, 3.05) is 17.8 Å². The van der Waals surface area contributed by atoms with Crippen LogP contribution < -0.4 is 10.0 Å². The van der Waals surface area contributed by atoms with E-state index in [-0.39, 0.29) is 5.25 Å². The van der Waals surface area contributed by atoms with Gasteiger partial charge >= 0.3 is 0 Å². The van der Waals surface area contributed by atoms with Gasteiger partial charge in [0.05, 0.1) is 16.0 Å². The fourth-order valence-corrected chi connectivity index (χ4v) is 4.00. The summed E-state index contributed by atoms with van der Waals surface area (Å²) in [4.78, 5) is 0. The molecule has 1 aliphatic heterocycles. The van der Waals surface area contributed by atoms with Crippen LogP contribution in [0.3, 0.4) is 0 Å². The van der Waals surface area contributed by atoms with Gasteiger partial charge in [-0.25, -0.2) is 8.42 Å². The van der Waals surface area contributed by atoms with Crippen LogP contribution in [0.25, 0.3) is 0 Å². The van der Waals surface area contributed by atoms with Gasteiger partial charge in [0.1, 0.15) is 0 Å². The molecule has 0 radical (unpaired) electrons. The molecule has 0 bridgehead atoms. The first kappa shape index (κ1) is 13.6. The highest BCUT2D eigenvalue weighted by molar-refractivity contribution is 7.93. The zero-order valence-corrected chi connectivity index (χ0v) is 11.8. The molecule has 0 unspecified atom stereocenters. The van der Waals surface area contributed by atoms with Crippen molar-refractivity contribution < 1.29 is 8.42 Å². The zero-order chi connectivity index (χ0) is 13.2. The molecule has 18 heavy (non-hydrogen) atoms. The minimum atomic E-state index is -3.36. The van der Waals surface area contributed by atoms with Crippen molar-refractivity contribution >= 4 is 27.3 Å². The average molecular weight is 289 g/mol. The molecule has 0 amide bonds. The summed E-state index contributed by atoms with van der Waals surface area (Å²) in [6, 6.07) is 5.33. The van der Waals surface area contributed by atoms with Gasteiger partial charge in [-0.3, -0.25) is 4.72 Å². The smallest absolute Gasteiger partial charge is 0.235 e. The lowest BCUT2D eigenvalue weighted by Crippen LogP contribution is -2.38. The Morgan fingerprint density at radius 1 is 1.33 bits per heavy atom. The second kappa shape index (κ2) is 5.47. The van der Waals surface area contributed by atoms with Crippen molar-refractivity contribution in [3.63, 3.8) is 0 Å². The molecule has 4 nitrogen and oxygen atoms in total. The highest BCUT2D eigenvalue weighted by atomic mass is 35.5. The maximum atomic E-state index is 12.3. The number of nitrogens with one attached hydrogen (secondary N) is 2. The number of benzene rings is 1. The maximum absolute atomic E-state index is 12.3. The van der Waals surface area contributed by atoms with Crippen LogP contribution in [-0.2, 0) is 10.0 Å². The van der Waals surface area contributed by atoms with Crippen LogP contribution in [-0.4, -0.2) is 26.8 Å². The Kier molecular flexibility index (Phi) is 4.14. The molecule has 1 saturated heterocycles. The van der Waals surface area contributed by atoms with E-state index in [2.05, 4.69) is 10.0 Å². The Labute approximate surface area is 113 Å². The minimum absolute atomic E-state index is 0.338. The highest BCUT2D eigenvalue weighted by Crippen LogP contribution is 2.28. The Balaban J connectivity index is 2.22. The standard InChI is InChI=1S/C12H17ClN2O2S/c1-9-3-2-4-11(13)12(9)15-18(16,17)10-5-7-14-8-6-10/h2-4,10,14-15H,5-8H2,1H3. The summed E-state index contributed by atoms with van der Waals surface area (Å²) in [5.41, 5.74) is 1.33. The molecule has 0 saturated carbocycles. The van der Waals surface area contributed by atoms with Gasteiger partial charge in [-0.1, -0.05) is 23.7 Å². The highest BCUT2D eigenvalue weighted by Gasteiger charge is 2.27. The molecule has 1 aliphatic rings. The van der Waals surface area contributed by atoms with Crippen molar-refractivity contribution in [3.8, 4) is 0 Å².